The summed E-state index contributed by atoms with van der Waals surface area (Å²) in [6.45, 7) is 0. The Kier molecular flexibility index (Phi) is 6.10. The van der Waals surface area contributed by atoms with Gasteiger partial charge in [-0.1, -0.05) is 121 Å². The van der Waals surface area contributed by atoms with E-state index in [4.69, 9.17) is 14.4 Å². The summed E-state index contributed by atoms with van der Waals surface area (Å²) in [5, 5.41) is 3.34. The van der Waals surface area contributed by atoms with E-state index in [9.17, 15) is 0 Å². The van der Waals surface area contributed by atoms with Crippen molar-refractivity contribution in [1.29, 1.82) is 0 Å². The van der Waals surface area contributed by atoms with Crippen molar-refractivity contribution in [3.63, 3.8) is 0 Å². The lowest BCUT2D eigenvalue weighted by atomic mass is 10.1. The number of hydrogen-bond acceptors (Lipinski definition) is 3. The van der Waals surface area contributed by atoms with Crippen LogP contribution in [0.2, 0.25) is 0 Å². The lowest BCUT2D eigenvalue weighted by Crippen LogP contribution is -1.98. The molecule has 0 unspecified atom stereocenters. The lowest BCUT2D eigenvalue weighted by Gasteiger charge is -2.12. The molecule has 46 heavy (non-hydrogen) atoms. The van der Waals surface area contributed by atoms with Gasteiger partial charge in [0.15, 0.2) is 5.82 Å². The van der Waals surface area contributed by atoms with E-state index < -0.39 is 0 Å². The van der Waals surface area contributed by atoms with Gasteiger partial charge in [-0.15, -0.1) is 0 Å². The molecule has 0 N–H and O–H groups in total. The van der Waals surface area contributed by atoms with Gasteiger partial charge in [-0.25, -0.2) is 9.97 Å². The van der Waals surface area contributed by atoms with Crippen molar-refractivity contribution in [3.8, 4) is 50.9 Å². The molecule has 0 atom stereocenters. The predicted octanol–water partition coefficient (Wildman–Crippen LogP) is 11.0. The number of furan rings is 1. The topological polar surface area (TPSA) is 43.9 Å². The minimum Gasteiger partial charge on any atom is -0.455 e. The molecule has 9 aromatic rings. The molecule has 9 rings (SSSR count). The Hall–Kier alpha value is -6.26. The van der Waals surface area contributed by atoms with Crippen LogP contribution in [-0.2, 0) is 0 Å². The molecule has 0 aliphatic rings. The number of para-hydroxylation sites is 1. The highest BCUT2D eigenvalue weighted by atomic mass is 16.3. The molecular weight excluding hydrogens is 562 g/mol. The molecule has 0 aliphatic heterocycles. The summed E-state index contributed by atoms with van der Waals surface area (Å²) >= 11 is 0. The molecule has 0 spiro atoms. The Bertz CT molecular complexity index is 2460. The first-order valence-electron chi connectivity index (χ1n) is 15.4. The zero-order valence-electron chi connectivity index (χ0n) is 24.8. The summed E-state index contributed by atoms with van der Waals surface area (Å²) in [7, 11) is 0. The number of aromatic nitrogens is 3. The summed E-state index contributed by atoms with van der Waals surface area (Å²) in [5.74, 6) is 1.55. The third-order valence-electron chi connectivity index (χ3n) is 8.61. The van der Waals surface area contributed by atoms with Crippen LogP contribution >= 0.6 is 0 Å². The molecule has 0 bridgehead atoms. The first kappa shape index (κ1) is 26.2. The number of rotatable bonds is 5. The third-order valence-corrected chi connectivity index (χ3v) is 8.61. The Morgan fingerprint density at radius 1 is 0.457 bits per heavy atom. The van der Waals surface area contributed by atoms with Crippen LogP contribution in [0.5, 0.6) is 0 Å². The number of nitrogens with zero attached hydrogens (tertiary/aromatic N) is 3. The SMILES string of the molecule is c1ccc(-c2cc(-c3ccccc3)nc(-c3cccc(-n4c5ccccc5c5c6oc(-c7ccccc7)cc6ccc54)c3)n2)cc1. The molecular formula is C42H27N3O. The molecule has 216 valence electrons. The van der Waals surface area contributed by atoms with Gasteiger partial charge >= 0.3 is 0 Å². The molecule has 0 aliphatic carbocycles. The zero-order chi connectivity index (χ0) is 30.5. The Labute approximate surface area is 265 Å². The van der Waals surface area contributed by atoms with Gasteiger partial charge in [-0.2, -0.15) is 0 Å². The maximum atomic E-state index is 6.59. The van der Waals surface area contributed by atoms with Gasteiger partial charge in [0.1, 0.15) is 11.3 Å². The van der Waals surface area contributed by atoms with E-state index >= 15 is 0 Å². The van der Waals surface area contributed by atoms with Gasteiger partial charge < -0.3 is 8.98 Å². The minimum atomic E-state index is 0.684. The van der Waals surface area contributed by atoms with Crippen LogP contribution in [0.4, 0.5) is 0 Å². The predicted molar refractivity (Wildman–Crippen MR) is 188 cm³/mol. The van der Waals surface area contributed by atoms with Crippen molar-refractivity contribution in [1.82, 2.24) is 14.5 Å². The zero-order valence-corrected chi connectivity index (χ0v) is 24.8. The van der Waals surface area contributed by atoms with E-state index in [2.05, 4.69) is 114 Å². The fraction of sp³-hybridized carbons (Fsp3) is 0. The van der Waals surface area contributed by atoms with E-state index in [1.54, 1.807) is 0 Å². The Morgan fingerprint density at radius 3 is 1.76 bits per heavy atom. The summed E-state index contributed by atoms with van der Waals surface area (Å²) in [6, 6.07) is 56.5. The van der Waals surface area contributed by atoms with Crippen LogP contribution < -0.4 is 0 Å². The summed E-state index contributed by atoms with van der Waals surface area (Å²) in [6.07, 6.45) is 0. The summed E-state index contributed by atoms with van der Waals surface area (Å²) in [5.41, 5.74) is 10.0. The van der Waals surface area contributed by atoms with Crippen molar-refractivity contribution in [2.24, 2.45) is 0 Å². The number of benzene rings is 6. The average Bonchev–Trinajstić information content (AvgIpc) is 3.72. The minimum absolute atomic E-state index is 0.684. The first-order valence-corrected chi connectivity index (χ1v) is 15.4. The van der Waals surface area contributed by atoms with E-state index in [1.807, 2.05) is 54.6 Å². The molecule has 0 amide bonds. The quantitative estimate of drug-likeness (QED) is 0.201. The molecule has 4 nitrogen and oxygen atoms in total. The normalized spacial score (nSPS) is 11.5. The average molecular weight is 590 g/mol. The van der Waals surface area contributed by atoms with Crippen molar-refractivity contribution < 1.29 is 4.42 Å². The van der Waals surface area contributed by atoms with Crippen LogP contribution in [0.25, 0.3) is 83.7 Å². The third kappa shape index (κ3) is 4.39. The largest absolute Gasteiger partial charge is 0.455 e. The van der Waals surface area contributed by atoms with Gasteiger partial charge in [-0.3, -0.25) is 0 Å². The summed E-state index contributed by atoms with van der Waals surface area (Å²) < 4.78 is 8.91. The second kappa shape index (κ2) is 10.7. The van der Waals surface area contributed by atoms with E-state index in [-0.39, 0.29) is 0 Å². The fourth-order valence-electron chi connectivity index (χ4n) is 6.45. The van der Waals surface area contributed by atoms with E-state index in [0.29, 0.717) is 5.82 Å². The highest BCUT2D eigenvalue weighted by molar-refractivity contribution is 6.20. The van der Waals surface area contributed by atoms with Gasteiger partial charge in [0.25, 0.3) is 0 Å². The van der Waals surface area contributed by atoms with Crippen LogP contribution in [0, 0.1) is 0 Å². The van der Waals surface area contributed by atoms with Gasteiger partial charge in [0.05, 0.1) is 27.8 Å². The van der Waals surface area contributed by atoms with E-state index in [1.165, 1.54) is 0 Å². The second-order valence-electron chi connectivity index (χ2n) is 11.5. The maximum Gasteiger partial charge on any atom is 0.160 e. The lowest BCUT2D eigenvalue weighted by molar-refractivity contribution is 0.635. The number of fused-ring (bicyclic) bond motifs is 5. The molecule has 0 radical (unpaired) electrons. The Morgan fingerprint density at radius 2 is 1.07 bits per heavy atom. The molecule has 6 aromatic carbocycles. The van der Waals surface area contributed by atoms with Crippen LogP contribution in [-0.4, -0.2) is 14.5 Å². The molecule has 3 heterocycles. The molecule has 0 saturated heterocycles. The Balaban J connectivity index is 1.24. The molecule has 3 aromatic heterocycles. The van der Waals surface area contributed by atoms with Crippen molar-refractivity contribution in [2.75, 3.05) is 0 Å². The number of hydrogen-bond donors (Lipinski definition) is 0. The molecule has 4 heteroatoms. The smallest absolute Gasteiger partial charge is 0.160 e. The van der Waals surface area contributed by atoms with Crippen molar-refractivity contribution in [2.45, 2.75) is 0 Å². The van der Waals surface area contributed by atoms with E-state index in [0.717, 1.165) is 77.9 Å². The van der Waals surface area contributed by atoms with Gasteiger partial charge in [0, 0.05) is 38.7 Å². The van der Waals surface area contributed by atoms with Gasteiger partial charge in [-0.05, 0) is 42.5 Å². The monoisotopic (exact) mass is 589 g/mol. The van der Waals surface area contributed by atoms with Crippen LogP contribution in [0.15, 0.2) is 168 Å². The summed E-state index contributed by atoms with van der Waals surface area (Å²) in [4.78, 5) is 10.2. The highest BCUT2D eigenvalue weighted by Crippen LogP contribution is 2.40. The van der Waals surface area contributed by atoms with Gasteiger partial charge in [0.2, 0.25) is 0 Å². The second-order valence-corrected chi connectivity index (χ2v) is 11.5. The van der Waals surface area contributed by atoms with Crippen molar-refractivity contribution in [3.05, 3.63) is 164 Å². The van der Waals surface area contributed by atoms with Crippen molar-refractivity contribution >= 4 is 32.8 Å². The standard InChI is InChI=1S/C42H27N3O/c1-4-13-28(14-5-1)35-27-36(29-15-6-2-7-16-29)44-42(43-35)32-19-12-20-33(25-32)45-37-22-11-10-21-34(37)40-38(45)24-23-31-26-39(46-41(31)40)30-17-8-3-9-18-30/h1-27H. The molecule has 0 fully saturated rings. The first-order chi connectivity index (χ1) is 22.8. The fourth-order valence-corrected chi connectivity index (χ4v) is 6.45. The maximum absolute atomic E-state index is 6.59. The highest BCUT2D eigenvalue weighted by Gasteiger charge is 2.19. The van der Waals surface area contributed by atoms with Crippen LogP contribution in [0.3, 0.4) is 0 Å². The van der Waals surface area contributed by atoms with Crippen LogP contribution in [0.1, 0.15) is 0 Å². The molecule has 0 saturated carbocycles.